The first kappa shape index (κ1) is 111. The van der Waals surface area contributed by atoms with Gasteiger partial charge in [-0.15, -0.1) is 0 Å². The molecule has 8 N–H and O–H groups in total. The molecule has 0 rings (SSSR count). The molecule has 0 amide bonds. The molecule has 31 heteroatoms. The standard InChI is InChI=1S/2C5H10NO4P.C5H10NO2P.C2H7O4P.5C2H6O.2C2H6.4CH4O.H3N/c2*1-8-11(7,9-2)10-5-3-4-6;1-7-9(2)8-5-3-4-6;1-5-7(3,4)6-2;5*1-3-2;6*1-2;/h2*3,5H2,1-2H3;3,5H2,1-2H3;1-2H3,(H,3,4);5*1-2H3;2*1-2H3;4*2H,1H3;1H3. The molecule has 0 aliphatic rings. The molecule has 0 aromatic heterocycles. The van der Waals surface area contributed by atoms with Crippen LogP contribution in [0.1, 0.15) is 47.0 Å². The summed E-state index contributed by atoms with van der Waals surface area (Å²) in [5, 5.41) is 52.3. The van der Waals surface area contributed by atoms with Gasteiger partial charge >= 0.3 is 15.6 Å². The quantitative estimate of drug-likeness (QED) is 0.0865. The smallest absolute Gasteiger partial charge is 0.474 e. The van der Waals surface area contributed by atoms with Crippen LogP contribution in [0.25, 0.3) is 0 Å². The second-order valence-corrected chi connectivity index (χ2v) is 14.2. The topological polar surface area (TPSA) is 402 Å². The van der Waals surface area contributed by atoms with Gasteiger partial charge in [0.2, 0.25) is 0 Å². The Labute approximate surface area is 402 Å². The van der Waals surface area contributed by atoms with Crippen LogP contribution in [0.15, 0.2) is 0 Å². The van der Waals surface area contributed by atoms with Crippen molar-refractivity contribution < 1.29 is 108 Å². The number of nitriles is 3. The summed E-state index contributed by atoms with van der Waals surface area (Å²) >= 11 is 0. The van der Waals surface area contributed by atoms with E-state index in [2.05, 4.69) is 59.9 Å². The number of phosphoric ester groups is 3. The Balaban J connectivity index is -0.0000000306. The van der Waals surface area contributed by atoms with Gasteiger partial charge in [-0.1, -0.05) is 27.7 Å². The Morgan fingerprint density at radius 1 is 0.439 bits per heavy atom. The van der Waals surface area contributed by atoms with Crippen molar-refractivity contribution in [1.82, 2.24) is 6.15 Å². The number of quaternary nitrogens is 1. The molecule has 0 aromatic rings. The fourth-order valence-electron chi connectivity index (χ4n) is 1.11. The summed E-state index contributed by atoms with van der Waals surface area (Å²) in [4.78, 5) is 9.95. The van der Waals surface area contributed by atoms with Crippen molar-refractivity contribution in [3.8, 4) is 18.2 Å². The summed E-state index contributed by atoms with van der Waals surface area (Å²) in [6.07, 6.45) is 0.767. The Hall–Kier alpha value is -1.25. The molecule has 0 saturated carbocycles. The Morgan fingerprint density at radius 2 is 0.621 bits per heavy atom. The molecule has 0 aliphatic carbocycles. The molecule has 416 valence electrons. The van der Waals surface area contributed by atoms with Gasteiger partial charge in [0, 0.05) is 156 Å². The van der Waals surface area contributed by atoms with E-state index in [0.717, 1.165) is 42.7 Å². The summed E-state index contributed by atoms with van der Waals surface area (Å²) < 4.78 is 98.0. The van der Waals surface area contributed by atoms with Crippen LogP contribution in [-0.4, -0.2) is 196 Å². The van der Waals surface area contributed by atoms with Crippen molar-refractivity contribution in [2.24, 2.45) is 0 Å². The number of aliphatic hydroxyl groups excluding tert-OH is 4. The Kier molecular flexibility index (Phi) is 220. The largest absolute Gasteiger partial charge is 0.756 e. The zero-order valence-electron chi connectivity index (χ0n) is 45.4. The molecule has 0 aromatic carbocycles. The van der Waals surface area contributed by atoms with Gasteiger partial charge in [-0.05, 0) is 0 Å². The number of aliphatic hydroxyl groups is 4. The third-order valence-corrected chi connectivity index (χ3v) is 7.75. The lowest BCUT2D eigenvalue weighted by Gasteiger charge is -2.16. The fourth-order valence-corrected chi connectivity index (χ4v) is 3.07. The van der Waals surface area contributed by atoms with Gasteiger partial charge in [-0.25, -0.2) is 9.13 Å². The molecule has 0 saturated heterocycles. The number of methoxy groups -OCH3 is 5. The van der Waals surface area contributed by atoms with Gasteiger partial charge in [-0.2, -0.15) is 15.8 Å². The maximum absolute atomic E-state index is 11.0. The monoisotopic (exact) mass is 1070 g/mol. The molecular weight excluding hydrogens is 968 g/mol. The fraction of sp³-hybridized carbons (Fsp3) is 0.914. The van der Waals surface area contributed by atoms with E-state index in [1.165, 1.54) is 28.4 Å². The summed E-state index contributed by atoms with van der Waals surface area (Å²) in [5.74, 6) is 0. The predicted molar refractivity (Wildman–Crippen MR) is 259 cm³/mol. The van der Waals surface area contributed by atoms with Crippen molar-refractivity contribution in [2.45, 2.75) is 47.0 Å². The van der Waals surface area contributed by atoms with E-state index in [1.54, 1.807) is 78.2 Å². The van der Waals surface area contributed by atoms with Crippen molar-refractivity contribution in [2.75, 3.05) is 176 Å². The highest BCUT2D eigenvalue weighted by atomic mass is 31.2. The molecule has 0 bridgehead atoms. The number of phosphoric acid groups is 3. The van der Waals surface area contributed by atoms with Crippen LogP contribution in [0.3, 0.4) is 0 Å². The number of ether oxygens (including phenoxy) is 5. The van der Waals surface area contributed by atoms with Crippen LogP contribution in [-0.2, 0) is 82.6 Å². The second kappa shape index (κ2) is 131. The minimum absolute atomic E-state index is 0. The Bertz CT molecular complexity index is 864. The van der Waals surface area contributed by atoms with Crippen LogP contribution >= 0.6 is 31.8 Å². The van der Waals surface area contributed by atoms with Crippen molar-refractivity contribution in [1.29, 1.82) is 15.8 Å². The van der Waals surface area contributed by atoms with E-state index < -0.39 is 31.8 Å². The van der Waals surface area contributed by atoms with Gasteiger partial charge < -0.3 is 73.2 Å². The minimum atomic E-state index is -3.90. The normalized spacial score (nSPS) is 8.55. The van der Waals surface area contributed by atoms with Crippen LogP contribution in [0.4, 0.5) is 0 Å². The van der Waals surface area contributed by atoms with Gasteiger partial charge in [0.1, 0.15) is 0 Å². The Morgan fingerprint density at radius 3 is 0.742 bits per heavy atom. The molecule has 0 heterocycles. The van der Waals surface area contributed by atoms with Crippen LogP contribution in [0, 0.1) is 34.0 Å². The van der Waals surface area contributed by atoms with Gasteiger partial charge in [0.05, 0.1) is 57.3 Å². The van der Waals surface area contributed by atoms with Crippen LogP contribution in [0.2, 0.25) is 0 Å². The lowest BCUT2D eigenvalue weighted by Crippen LogP contribution is -2.02. The third kappa shape index (κ3) is 187. The zero-order valence-corrected chi connectivity index (χ0v) is 49.0. The average Bonchev–Trinajstić information content (AvgIpc) is 3.35. The SMILES string of the molecule is CC.CC.CO.CO.CO.CO.COC.COC.COC.COC.COC.COP(=O)(OC)OCCC#N.COP(=O)(OC)OCCC#N.COP(=O)([O-])OC.COP(C)OCCC#N.[NH4+]. The predicted octanol–water partition coefficient (Wildman–Crippen LogP) is 6.06. The van der Waals surface area contributed by atoms with E-state index in [0.29, 0.717) is 13.0 Å². The van der Waals surface area contributed by atoms with Crippen LogP contribution < -0.4 is 11.0 Å². The number of rotatable bonds is 16. The first-order valence-corrected chi connectivity index (χ1v) is 23.8. The van der Waals surface area contributed by atoms with Gasteiger partial charge in [-0.3, -0.25) is 31.7 Å². The molecule has 66 heavy (non-hydrogen) atoms. The molecule has 0 spiro atoms. The number of hydrogen-bond acceptors (Lipinski definition) is 26. The molecule has 0 aliphatic heterocycles. The highest BCUT2D eigenvalue weighted by Gasteiger charge is 2.22. The molecule has 27 nitrogen and oxygen atoms in total. The van der Waals surface area contributed by atoms with E-state index in [1.807, 2.05) is 52.6 Å². The highest BCUT2D eigenvalue weighted by molar-refractivity contribution is 7.48. The molecule has 1 unspecified atom stereocenters. The van der Waals surface area contributed by atoms with E-state index in [9.17, 15) is 18.6 Å². The molecule has 1 atom stereocenters. The van der Waals surface area contributed by atoms with Crippen LogP contribution in [0.5, 0.6) is 0 Å². The maximum Gasteiger partial charge on any atom is 0.474 e. The zero-order chi connectivity index (χ0) is 56.0. The first-order valence-electron chi connectivity index (χ1n) is 17.8. The average molecular weight is 1070 g/mol. The molecule has 0 radical (unpaired) electrons. The maximum atomic E-state index is 11.0. The van der Waals surface area contributed by atoms with Crippen molar-refractivity contribution >= 4 is 31.8 Å². The van der Waals surface area contributed by atoms with Crippen molar-refractivity contribution in [3.05, 3.63) is 0 Å². The van der Waals surface area contributed by atoms with E-state index in [4.69, 9.17) is 45.3 Å². The number of nitrogens with zero attached hydrogens (tertiary/aromatic N) is 3. The van der Waals surface area contributed by atoms with Gasteiger partial charge in [0.25, 0.3) is 7.82 Å². The highest BCUT2D eigenvalue weighted by Crippen LogP contribution is 2.48. The lowest BCUT2D eigenvalue weighted by atomic mass is 10.5. The summed E-state index contributed by atoms with van der Waals surface area (Å²) in [6, 6.07) is 5.64. The first-order chi connectivity index (χ1) is 30.9. The van der Waals surface area contributed by atoms with Gasteiger partial charge in [0.15, 0.2) is 8.38 Å². The summed E-state index contributed by atoms with van der Waals surface area (Å²) in [7, 11) is 17.4. The van der Waals surface area contributed by atoms with E-state index in [-0.39, 0.29) is 32.2 Å². The lowest BCUT2D eigenvalue weighted by molar-refractivity contribution is -0.220. The van der Waals surface area contributed by atoms with Crippen molar-refractivity contribution in [3.63, 3.8) is 0 Å². The molecule has 0 fully saturated rings. The molecular formula is C35H98N4O23P4. The number of hydrogen-bond donors (Lipinski definition) is 5. The third-order valence-electron chi connectivity index (χ3n) is 3.01. The second-order valence-electron chi connectivity index (χ2n) is 7.32. The summed E-state index contributed by atoms with van der Waals surface area (Å²) in [5.41, 5.74) is 0. The minimum Gasteiger partial charge on any atom is -0.756 e. The van der Waals surface area contributed by atoms with E-state index >= 15 is 0 Å². The summed E-state index contributed by atoms with van der Waals surface area (Å²) in [6.45, 7) is 10.4.